The molecule has 0 saturated carbocycles. The molecule has 0 atom stereocenters. The minimum absolute atomic E-state index is 0.297. The third kappa shape index (κ3) is 3.34. The first kappa shape index (κ1) is 13.8. The van der Waals surface area contributed by atoms with Gasteiger partial charge >= 0.3 is 0 Å². The molecule has 1 aromatic heterocycles. The summed E-state index contributed by atoms with van der Waals surface area (Å²) in [6.07, 6.45) is 7.20. The predicted molar refractivity (Wildman–Crippen MR) is 75.8 cm³/mol. The van der Waals surface area contributed by atoms with Crippen LogP contribution >= 0.6 is 11.6 Å². The molecular formula is C14H19ClN2. The van der Waals surface area contributed by atoms with Crippen LogP contribution in [0.25, 0.3) is 0 Å². The number of halogens is 1. The number of aromatic nitrogens is 1. The van der Waals surface area contributed by atoms with Gasteiger partial charge in [0.2, 0.25) is 0 Å². The highest BCUT2D eigenvalue weighted by atomic mass is 35.5. The Morgan fingerprint density at radius 1 is 1.53 bits per heavy atom. The third-order valence-corrected chi connectivity index (χ3v) is 2.86. The quantitative estimate of drug-likeness (QED) is 0.433. The first-order valence-electron chi connectivity index (χ1n) is 5.73. The smallest absolute Gasteiger partial charge is 0.140 e. The lowest BCUT2D eigenvalue weighted by Crippen LogP contribution is -2.11. The molecule has 3 heteroatoms. The summed E-state index contributed by atoms with van der Waals surface area (Å²) in [6, 6.07) is 0. The van der Waals surface area contributed by atoms with Crippen LogP contribution in [0, 0.1) is 6.92 Å². The second-order valence-corrected chi connectivity index (χ2v) is 4.45. The SMILES string of the molecule is C=C(Cl)/N=C(\C(C)=CC)n1cc(C)c(CC)c1. The number of aryl methyl sites for hydroxylation is 2. The van der Waals surface area contributed by atoms with E-state index in [9.17, 15) is 0 Å². The molecule has 2 nitrogen and oxygen atoms in total. The second-order valence-electron chi connectivity index (χ2n) is 4.01. The molecule has 0 N–H and O–H groups in total. The van der Waals surface area contributed by atoms with E-state index in [-0.39, 0.29) is 0 Å². The van der Waals surface area contributed by atoms with E-state index in [2.05, 4.69) is 37.8 Å². The highest BCUT2D eigenvalue weighted by molar-refractivity contribution is 6.30. The Bertz CT molecular complexity index is 478. The zero-order valence-electron chi connectivity index (χ0n) is 10.9. The van der Waals surface area contributed by atoms with E-state index in [4.69, 9.17) is 11.6 Å². The Kier molecular flexibility index (Phi) is 4.76. The molecular weight excluding hydrogens is 232 g/mol. The van der Waals surface area contributed by atoms with Crippen molar-refractivity contribution in [1.29, 1.82) is 0 Å². The second kappa shape index (κ2) is 5.87. The number of nitrogens with zero attached hydrogens (tertiary/aromatic N) is 2. The van der Waals surface area contributed by atoms with Crippen molar-refractivity contribution in [3.05, 3.63) is 46.9 Å². The predicted octanol–water partition coefficient (Wildman–Crippen LogP) is 4.28. The van der Waals surface area contributed by atoms with Gasteiger partial charge in [-0.15, -0.1) is 0 Å². The molecule has 17 heavy (non-hydrogen) atoms. The van der Waals surface area contributed by atoms with E-state index >= 15 is 0 Å². The van der Waals surface area contributed by atoms with Gasteiger partial charge in [-0.3, -0.25) is 0 Å². The molecule has 0 aliphatic heterocycles. The topological polar surface area (TPSA) is 17.3 Å². The van der Waals surface area contributed by atoms with Gasteiger partial charge in [0.1, 0.15) is 11.0 Å². The van der Waals surface area contributed by atoms with Crippen LogP contribution in [0.4, 0.5) is 0 Å². The van der Waals surface area contributed by atoms with Crippen LogP contribution in [-0.4, -0.2) is 10.4 Å². The number of aliphatic imine (C=N–C) groups is 1. The lowest BCUT2D eigenvalue weighted by Gasteiger charge is -2.07. The van der Waals surface area contributed by atoms with E-state index in [1.807, 2.05) is 24.5 Å². The molecule has 0 aliphatic rings. The van der Waals surface area contributed by atoms with Gasteiger partial charge in [-0.05, 0) is 43.9 Å². The Labute approximate surface area is 108 Å². The van der Waals surface area contributed by atoms with Crippen molar-refractivity contribution in [2.75, 3.05) is 0 Å². The largest absolute Gasteiger partial charge is 0.308 e. The maximum absolute atomic E-state index is 5.78. The summed E-state index contributed by atoms with van der Waals surface area (Å²) in [7, 11) is 0. The highest BCUT2D eigenvalue weighted by Gasteiger charge is 2.08. The summed E-state index contributed by atoms with van der Waals surface area (Å²) < 4.78 is 2.01. The molecule has 0 aromatic carbocycles. The fraction of sp³-hybridized carbons (Fsp3) is 0.357. The molecule has 1 heterocycles. The van der Waals surface area contributed by atoms with Crippen molar-refractivity contribution < 1.29 is 0 Å². The molecule has 1 rings (SSSR count). The maximum Gasteiger partial charge on any atom is 0.140 e. The zero-order chi connectivity index (χ0) is 13.0. The number of hydrogen-bond acceptors (Lipinski definition) is 1. The average molecular weight is 251 g/mol. The Balaban J connectivity index is 3.27. The summed E-state index contributed by atoms with van der Waals surface area (Å²) in [6.45, 7) is 11.9. The molecule has 0 bridgehead atoms. The van der Waals surface area contributed by atoms with Crippen molar-refractivity contribution >= 4 is 17.4 Å². The van der Waals surface area contributed by atoms with Crippen LogP contribution in [0.1, 0.15) is 31.9 Å². The van der Waals surface area contributed by atoms with Gasteiger partial charge in [-0.1, -0.05) is 31.2 Å². The van der Waals surface area contributed by atoms with E-state index in [1.54, 1.807) is 0 Å². The maximum atomic E-state index is 5.78. The molecule has 0 radical (unpaired) electrons. The van der Waals surface area contributed by atoms with E-state index in [0.717, 1.165) is 17.8 Å². The lowest BCUT2D eigenvalue weighted by molar-refractivity contribution is 1.09. The summed E-state index contributed by atoms with van der Waals surface area (Å²) in [5.41, 5.74) is 3.66. The van der Waals surface area contributed by atoms with Gasteiger partial charge in [0.05, 0.1) is 0 Å². The summed E-state index contributed by atoms with van der Waals surface area (Å²) in [5.74, 6) is 0.829. The Morgan fingerprint density at radius 3 is 2.59 bits per heavy atom. The van der Waals surface area contributed by atoms with Crippen LogP contribution in [0.15, 0.2) is 40.8 Å². The van der Waals surface area contributed by atoms with Gasteiger partial charge < -0.3 is 4.57 Å². The Hall–Kier alpha value is -1.28. The van der Waals surface area contributed by atoms with Gasteiger partial charge in [0.15, 0.2) is 0 Å². The van der Waals surface area contributed by atoms with E-state index in [1.165, 1.54) is 11.1 Å². The normalized spacial score (nSPS) is 13.0. The van der Waals surface area contributed by atoms with Crippen molar-refractivity contribution in [2.24, 2.45) is 4.99 Å². The minimum Gasteiger partial charge on any atom is -0.308 e. The zero-order valence-corrected chi connectivity index (χ0v) is 11.7. The molecule has 0 aliphatic carbocycles. The van der Waals surface area contributed by atoms with Crippen molar-refractivity contribution in [2.45, 2.75) is 34.1 Å². The Morgan fingerprint density at radius 2 is 2.18 bits per heavy atom. The molecule has 0 fully saturated rings. The number of rotatable bonds is 3. The third-order valence-electron chi connectivity index (χ3n) is 2.77. The standard InChI is InChI=1S/C14H19ClN2/c1-6-10(3)14(16-12(5)15)17-8-11(4)13(7-2)9-17/h6,8-9H,5,7H2,1-4H3/b10-6?,16-14+. The van der Waals surface area contributed by atoms with Crippen LogP contribution in [0.5, 0.6) is 0 Å². The number of hydrogen-bond donors (Lipinski definition) is 0. The molecule has 0 amide bonds. The van der Waals surface area contributed by atoms with Crippen molar-refractivity contribution in [3.63, 3.8) is 0 Å². The van der Waals surface area contributed by atoms with Gasteiger partial charge in [0.25, 0.3) is 0 Å². The monoisotopic (exact) mass is 250 g/mol. The van der Waals surface area contributed by atoms with Gasteiger partial charge in [0, 0.05) is 12.4 Å². The van der Waals surface area contributed by atoms with Crippen LogP contribution in [0.3, 0.4) is 0 Å². The first-order chi connectivity index (χ1) is 7.99. The highest BCUT2D eigenvalue weighted by Crippen LogP contribution is 2.14. The molecule has 0 spiro atoms. The van der Waals surface area contributed by atoms with Crippen LogP contribution in [0.2, 0.25) is 0 Å². The van der Waals surface area contributed by atoms with Crippen LogP contribution in [-0.2, 0) is 6.42 Å². The fourth-order valence-electron chi connectivity index (χ4n) is 1.68. The van der Waals surface area contributed by atoms with Gasteiger partial charge in [-0.25, -0.2) is 4.99 Å². The molecule has 92 valence electrons. The van der Waals surface area contributed by atoms with Crippen molar-refractivity contribution in [3.8, 4) is 0 Å². The summed E-state index contributed by atoms with van der Waals surface area (Å²) in [5, 5.41) is 0.297. The van der Waals surface area contributed by atoms with E-state index in [0.29, 0.717) is 5.16 Å². The summed E-state index contributed by atoms with van der Waals surface area (Å²) >= 11 is 5.78. The van der Waals surface area contributed by atoms with Crippen LogP contribution < -0.4 is 0 Å². The molecule has 0 unspecified atom stereocenters. The first-order valence-corrected chi connectivity index (χ1v) is 6.11. The number of allylic oxidation sites excluding steroid dienone is 2. The van der Waals surface area contributed by atoms with Gasteiger partial charge in [-0.2, -0.15) is 0 Å². The molecule has 0 saturated heterocycles. The molecule has 1 aromatic rings. The van der Waals surface area contributed by atoms with Crippen molar-refractivity contribution in [1.82, 2.24) is 4.57 Å². The van der Waals surface area contributed by atoms with E-state index < -0.39 is 0 Å². The lowest BCUT2D eigenvalue weighted by atomic mass is 10.2. The minimum atomic E-state index is 0.297. The summed E-state index contributed by atoms with van der Waals surface area (Å²) in [4.78, 5) is 4.29. The fourth-order valence-corrected chi connectivity index (χ4v) is 1.76. The average Bonchev–Trinajstić information content (AvgIpc) is 2.66.